The molecule has 2 N–H and O–H groups in total. The molecule has 0 unspecified atom stereocenters. The fraction of sp³-hybridized carbons (Fsp3) is 0.263. The van der Waals surface area contributed by atoms with Crippen molar-refractivity contribution in [1.29, 1.82) is 0 Å². The summed E-state index contributed by atoms with van der Waals surface area (Å²) in [6.07, 6.45) is 2.58. The van der Waals surface area contributed by atoms with Crippen LogP contribution in [0, 0.1) is 0 Å². The highest BCUT2D eigenvalue weighted by molar-refractivity contribution is 7.92. The first-order valence-corrected chi connectivity index (χ1v) is 9.94. The van der Waals surface area contributed by atoms with Crippen molar-refractivity contribution in [3.05, 3.63) is 54.8 Å². The van der Waals surface area contributed by atoms with Crippen LogP contribution in [-0.4, -0.2) is 35.6 Å². The second-order valence-electron chi connectivity index (χ2n) is 6.13. The van der Waals surface area contributed by atoms with Gasteiger partial charge >= 0.3 is 0 Å². The Morgan fingerprint density at radius 3 is 2.56 bits per heavy atom. The molecular formula is C19H24ClN3O3S. The van der Waals surface area contributed by atoms with Gasteiger partial charge in [-0.05, 0) is 50.3 Å². The maximum absolute atomic E-state index is 12.6. The molecule has 2 aromatic carbocycles. The van der Waals surface area contributed by atoms with Gasteiger partial charge in [0.15, 0.2) is 5.58 Å². The molecule has 6 nitrogen and oxygen atoms in total. The first-order valence-electron chi connectivity index (χ1n) is 8.46. The zero-order valence-electron chi connectivity index (χ0n) is 15.3. The molecule has 0 bridgehead atoms. The Kier molecular flexibility index (Phi) is 7.12. The van der Waals surface area contributed by atoms with E-state index in [4.69, 9.17) is 4.42 Å². The molecule has 0 aliphatic carbocycles. The van der Waals surface area contributed by atoms with Crippen molar-refractivity contribution in [3.63, 3.8) is 0 Å². The summed E-state index contributed by atoms with van der Waals surface area (Å²) in [6, 6.07) is 13.8. The fourth-order valence-corrected chi connectivity index (χ4v) is 3.89. The molecule has 0 fully saturated rings. The number of halogens is 1. The van der Waals surface area contributed by atoms with Crippen molar-refractivity contribution in [2.45, 2.75) is 11.3 Å². The quantitative estimate of drug-likeness (QED) is 0.555. The third-order valence-electron chi connectivity index (χ3n) is 4.17. The minimum atomic E-state index is -3.64. The van der Waals surface area contributed by atoms with Crippen molar-refractivity contribution in [1.82, 2.24) is 5.32 Å². The van der Waals surface area contributed by atoms with Crippen molar-refractivity contribution >= 4 is 44.8 Å². The smallest absolute Gasteiger partial charge is 0.261 e. The Hall–Kier alpha value is -2.22. The highest BCUT2D eigenvalue weighted by Crippen LogP contribution is 2.32. The third-order valence-corrected chi connectivity index (χ3v) is 5.57. The molecule has 8 heteroatoms. The first-order chi connectivity index (χ1) is 12.5. The van der Waals surface area contributed by atoms with Gasteiger partial charge < -0.3 is 14.6 Å². The molecule has 0 saturated heterocycles. The lowest BCUT2D eigenvalue weighted by Gasteiger charge is -2.20. The predicted octanol–water partition coefficient (Wildman–Crippen LogP) is 3.70. The van der Waals surface area contributed by atoms with Crippen LogP contribution in [0.15, 0.2) is 64.1 Å². The summed E-state index contributed by atoms with van der Waals surface area (Å²) in [5.74, 6) is 0. The summed E-state index contributed by atoms with van der Waals surface area (Å²) in [4.78, 5) is 2.31. The molecule has 0 aliphatic heterocycles. The number of fused-ring (bicyclic) bond motifs is 1. The van der Waals surface area contributed by atoms with Crippen LogP contribution in [0.3, 0.4) is 0 Å². The lowest BCUT2D eigenvalue weighted by atomic mass is 10.2. The topological polar surface area (TPSA) is 74.6 Å². The zero-order valence-corrected chi connectivity index (χ0v) is 16.9. The van der Waals surface area contributed by atoms with Crippen LogP contribution in [0.25, 0.3) is 11.0 Å². The number of furan rings is 1. The molecule has 146 valence electrons. The minimum Gasteiger partial charge on any atom is -0.462 e. The summed E-state index contributed by atoms with van der Waals surface area (Å²) in [6.45, 7) is 1.73. The molecule has 0 radical (unpaired) electrons. The molecule has 0 spiro atoms. The second kappa shape index (κ2) is 9.12. The van der Waals surface area contributed by atoms with E-state index in [1.54, 1.807) is 42.7 Å². The average Bonchev–Trinajstić information content (AvgIpc) is 3.10. The van der Waals surface area contributed by atoms with Crippen LogP contribution in [0.5, 0.6) is 0 Å². The van der Waals surface area contributed by atoms with Crippen LogP contribution in [0.1, 0.15) is 6.42 Å². The Morgan fingerprint density at radius 1 is 1.11 bits per heavy atom. The van der Waals surface area contributed by atoms with Gasteiger partial charge in [-0.1, -0.05) is 18.2 Å². The number of nitrogens with zero attached hydrogens (tertiary/aromatic N) is 1. The predicted molar refractivity (Wildman–Crippen MR) is 113 cm³/mol. The first kappa shape index (κ1) is 21.1. The molecule has 1 heterocycles. The highest BCUT2D eigenvalue weighted by atomic mass is 35.5. The van der Waals surface area contributed by atoms with Gasteiger partial charge in [0.1, 0.15) is 0 Å². The molecule has 27 heavy (non-hydrogen) atoms. The SMILES string of the molecule is CNCCCN(C)c1cc(NS(=O)(=O)c2ccccc2)cc2ccoc12.Cl. The summed E-state index contributed by atoms with van der Waals surface area (Å²) in [5, 5.41) is 3.98. The zero-order chi connectivity index (χ0) is 18.6. The number of sulfonamides is 1. The fourth-order valence-electron chi connectivity index (χ4n) is 2.83. The largest absolute Gasteiger partial charge is 0.462 e. The number of hydrogen-bond donors (Lipinski definition) is 2. The van der Waals surface area contributed by atoms with Crippen molar-refractivity contribution in [2.75, 3.05) is 36.8 Å². The van der Waals surface area contributed by atoms with E-state index in [0.29, 0.717) is 5.69 Å². The molecule has 3 aromatic rings. The van der Waals surface area contributed by atoms with Gasteiger partial charge in [0, 0.05) is 19.0 Å². The van der Waals surface area contributed by atoms with Crippen LogP contribution in [-0.2, 0) is 10.0 Å². The molecule has 1 aromatic heterocycles. The van der Waals surface area contributed by atoms with Gasteiger partial charge in [0.25, 0.3) is 10.0 Å². The highest BCUT2D eigenvalue weighted by Gasteiger charge is 2.17. The maximum atomic E-state index is 12.6. The molecule has 0 atom stereocenters. The molecule has 0 aliphatic rings. The van der Waals surface area contributed by atoms with E-state index in [-0.39, 0.29) is 17.3 Å². The summed E-state index contributed by atoms with van der Waals surface area (Å²) in [5.41, 5.74) is 2.12. The van der Waals surface area contributed by atoms with Crippen LogP contribution >= 0.6 is 12.4 Å². The van der Waals surface area contributed by atoms with E-state index >= 15 is 0 Å². The number of anilines is 2. The lowest BCUT2D eigenvalue weighted by Crippen LogP contribution is -2.22. The van der Waals surface area contributed by atoms with Crippen molar-refractivity contribution in [3.8, 4) is 0 Å². The lowest BCUT2D eigenvalue weighted by molar-refractivity contribution is 0.601. The molecule has 3 rings (SSSR count). The number of benzene rings is 2. The van der Waals surface area contributed by atoms with E-state index in [2.05, 4.69) is 14.9 Å². The van der Waals surface area contributed by atoms with Crippen molar-refractivity contribution in [2.24, 2.45) is 0 Å². The van der Waals surface area contributed by atoms with Crippen LogP contribution in [0.2, 0.25) is 0 Å². The summed E-state index contributed by atoms with van der Waals surface area (Å²) >= 11 is 0. The van der Waals surface area contributed by atoms with Crippen LogP contribution < -0.4 is 14.9 Å². The van der Waals surface area contributed by atoms with E-state index in [1.165, 1.54) is 0 Å². The monoisotopic (exact) mass is 409 g/mol. The van der Waals surface area contributed by atoms with Crippen molar-refractivity contribution < 1.29 is 12.8 Å². The van der Waals surface area contributed by atoms with Gasteiger partial charge in [-0.25, -0.2) is 8.42 Å². The second-order valence-corrected chi connectivity index (χ2v) is 7.81. The molecular weight excluding hydrogens is 386 g/mol. The maximum Gasteiger partial charge on any atom is 0.261 e. The van der Waals surface area contributed by atoms with Gasteiger partial charge in [-0.15, -0.1) is 12.4 Å². The standard InChI is InChI=1S/C19H23N3O3S.ClH/c1-20-10-6-11-22(2)18-14-16(13-15-9-12-25-19(15)18)21-26(23,24)17-7-4-3-5-8-17;/h3-5,7-9,12-14,20-21H,6,10-11H2,1-2H3;1H. The number of hydrogen-bond acceptors (Lipinski definition) is 5. The number of rotatable bonds is 8. The molecule has 0 saturated carbocycles. The number of nitrogens with one attached hydrogen (secondary N) is 2. The Balaban J connectivity index is 0.00000261. The Morgan fingerprint density at radius 2 is 1.85 bits per heavy atom. The van der Waals surface area contributed by atoms with Gasteiger partial charge in [-0.2, -0.15) is 0 Å². The van der Waals surface area contributed by atoms with Gasteiger partial charge in [0.2, 0.25) is 0 Å². The van der Waals surface area contributed by atoms with E-state index in [0.717, 1.165) is 36.2 Å². The van der Waals surface area contributed by atoms with Gasteiger partial charge in [-0.3, -0.25) is 4.72 Å². The Labute approximate surface area is 166 Å². The van der Waals surface area contributed by atoms with Gasteiger partial charge in [0.05, 0.1) is 22.5 Å². The average molecular weight is 410 g/mol. The summed E-state index contributed by atoms with van der Waals surface area (Å²) in [7, 11) is 0.257. The molecule has 0 amide bonds. The van der Waals surface area contributed by atoms with Crippen LogP contribution in [0.4, 0.5) is 11.4 Å². The van der Waals surface area contributed by atoms with E-state index in [9.17, 15) is 8.42 Å². The van der Waals surface area contributed by atoms with E-state index in [1.807, 2.05) is 26.2 Å². The van der Waals surface area contributed by atoms with E-state index < -0.39 is 10.0 Å². The normalized spacial score (nSPS) is 11.2. The minimum absolute atomic E-state index is 0. The third kappa shape index (κ3) is 4.94. The summed E-state index contributed by atoms with van der Waals surface area (Å²) < 4.78 is 33.5. The Bertz CT molecular complexity index is 974.